The lowest BCUT2D eigenvalue weighted by molar-refractivity contribution is 0.104. The molecule has 28 heavy (non-hydrogen) atoms. The minimum Gasteiger partial charge on any atom is -0.382 e. The first kappa shape index (κ1) is 18.1. The van der Waals surface area contributed by atoms with Crippen LogP contribution in [-0.2, 0) is 0 Å². The molecule has 0 bridgehead atoms. The smallest absolute Gasteiger partial charge is 0.208 e. The van der Waals surface area contributed by atoms with Gasteiger partial charge in [0.25, 0.3) is 0 Å². The summed E-state index contributed by atoms with van der Waals surface area (Å²) in [6.45, 7) is 2.90. The highest BCUT2D eigenvalue weighted by Crippen LogP contribution is 2.25. The fourth-order valence-corrected chi connectivity index (χ4v) is 3.70. The minimum absolute atomic E-state index is 0.0484. The summed E-state index contributed by atoms with van der Waals surface area (Å²) < 4.78 is 1.73. The molecule has 4 aromatic rings. The number of rotatable bonds is 7. The monoisotopic (exact) mass is 388 g/mol. The highest BCUT2D eigenvalue weighted by atomic mass is 32.1. The molecule has 0 fully saturated rings. The molecule has 0 aliphatic carbocycles. The van der Waals surface area contributed by atoms with E-state index in [1.54, 1.807) is 16.9 Å². The molecule has 0 aliphatic rings. The average Bonchev–Trinajstić information content (AvgIpc) is 3.41. The molecule has 0 spiro atoms. The molecule has 1 N–H and O–H groups in total. The van der Waals surface area contributed by atoms with Crippen LogP contribution in [0.2, 0.25) is 0 Å². The Hall–Kier alpha value is -3.25. The predicted octanol–water partition coefficient (Wildman–Crippen LogP) is 5.07. The van der Waals surface area contributed by atoms with Crippen LogP contribution in [0.3, 0.4) is 0 Å². The third kappa shape index (κ3) is 3.59. The Morgan fingerprint density at radius 2 is 2.14 bits per heavy atom. The number of aromatic nitrogens is 3. The number of anilines is 1. The van der Waals surface area contributed by atoms with Crippen molar-refractivity contribution in [2.45, 2.75) is 13.3 Å². The highest BCUT2D eigenvalue weighted by Gasteiger charge is 2.18. The van der Waals surface area contributed by atoms with Gasteiger partial charge in [0.05, 0.1) is 22.3 Å². The van der Waals surface area contributed by atoms with Crippen molar-refractivity contribution in [3.63, 3.8) is 0 Å². The molecular formula is C22H20N4OS. The quantitative estimate of drug-likeness (QED) is 0.355. The second-order valence-electron chi connectivity index (χ2n) is 6.27. The van der Waals surface area contributed by atoms with Gasteiger partial charge < -0.3 is 5.32 Å². The standard InChI is InChI=1S/C22H20N4OS/c1-2-3-4-11-23-17-8-5-7-16(14-17)19-10-12-24-22-18(15-25-26(19)22)21(27)20-9-6-13-28-20/h3-10,12-15,23H,2,11H2,1H3. The molecule has 0 radical (unpaired) electrons. The number of carbonyl (C=O) groups excluding carboxylic acids is 1. The van der Waals surface area contributed by atoms with Crippen LogP contribution < -0.4 is 5.32 Å². The van der Waals surface area contributed by atoms with E-state index in [9.17, 15) is 4.79 Å². The Morgan fingerprint density at radius 1 is 1.21 bits per heavy atom. The van der Waals surface area contributed by atoms with Gasteiger partial charge in [0.1, 0.15) is 0 Å². The van der Waals surface area contributed by atoms with E-state index in [1.165, 1.54) is 11.3 Å². The van der Waals surface area contributed by atoms with E-state index in [2.05, 4.69) is 40.5 Å². The Balaban J connectivity index is 1.68. The molecule has 0 saturated carbocycles. The normalized spacial score (nSPS) is 11.3. The molecular weight excluding hydrogens is 368 g/mol. The van der Waals surface area contributed by atoms with Gasteiger partial charge in [-0.2, -0.15) is 5.10 Å². The molecule has 140 valence electrons. The SMILES string of the molecule is CCC=CCNc1cccc(-c2ccnc3c(C(=O)c4cccs4)cnn23)c1. The van der Waals surface area contributed by atoms with E-state index in [-0.39, 0.29) is 5.78 Å². The van der Waals surface area contributed by atoms with Crippen molar-refractivity contribution in [3.8, 4) is 11.3 Å². The topological polar surface area (TPSA) is 59.3 Å². The molecule has 3 aromatic heterocycles. The van der Waals surface area contributed by atoms with E-state index < -0.39 is 0 Å². The molecule has 1 aromatic carbocycles. The number of benzene rings is 1. The predicted molar refractivity (Wildman–Crippen MR) is 114 cm³/mol. The van der Waals surface area contributed by atoms with Crippen LogP contribution in [0, 0.1) is 0 Å². The lowest BCUT2D eigenvalue weighted by Gasteiger charge is -2.08. The van der Waals surface area contributed by atoms with E-state index in [0.717, 1.165) is 29.9 Å². The molecule has 0 unspecified atom stereocenters. The number of nitrogens with one attached hydrogen (secondary N) is 1. The maximum absolute atomic E-state index is 12.8. The maximum Gasteiger partial charge on any atom is 0.208 e. The van der Waals surface area contributed by atoms with Crippen LogP contribution in [0.15, 0.2) is 72.4 Å². The molecule has 0 atom stereocenters. The summed E-state index contributed by atoms with van der Waals surface area (Å²) in [5.41, 5.74) is 4.02. The van der Waals surface area contributed by atoms with E-state index in [4.69, 9.17) is 0 Å². The third-order valence-electron chi connectivity index (χ3n) is 4.38. The average molecular weight is 388 g/mol. The molecule has 0 aliphatic heterocycles. The summed E-state index contributed by atoms with van der Waals surface area (Å²) in [6.07, 6.45) is 8.61. The highest BCUT2D eigenvalue weighted by molar-refractivity contribution is 7.12. The largest absolute Gasteiger partial charge is 0.382 e. The summed E-state index contributed by atoms with van der Waals surface area (Å²) in [7, 11) is 0. The molecule has 4 rings (SSSR count). The summed E-state index contributed by atoms with van der Waals surface area (Å²) in [5.74, 6) is -0.0484. The number of thiophene rings is 1. The molecule has 3 heterocycles. The second kappa shape index (κ2) is 8.19. The molecule has 0 saturated heterocycles. The lowest BCUT2D eigenvalue weighted by Crippen LogP contribution is -2.01. The fraction of sp³-hybridized carbons (Fsp3) is 0.136. The first-order valence-corrected chi connectivity index (χ1v) is 10.1. The zero-order valence-electron chi connectivity index (χ0n) is 15.5. The van der Waals surface area contributed by atoms with Crippen LogP contribution in [0.4, 0.5) is 5.69 Å². The first-order valence-electron chi connectivity index (χ1n) is 9.18. The van der Waals surface area contributed by atoms with Crippen LogP contribution in [0.5, 0.6) is 0 Å². The number of nitrogens with zero attached hydrogens (tertiary/aromatic N) is 3. The Kier molecular flexibility index (Phi) is 5.30. The Morgan fingerprint density at radius 3 is 2.96 bits per heavy atom. The van der Waals surface area contributed by atoms with Gasteiger partial charge in [-0.05, 0) is 36.1 Å². The number of carbonyl (C=O) groups is 1. The van der Waals surface area contributed by atoms with Gasteiger partial charge >= 0.3 is 0 Å². The zero-order chi connectivity index (χ0) is 19.3. The van der Waals surface area contributed by atoms with Crippen molar-refractivity contribution in [3.05, 3.63) is 82.8 Å². The number of ketones is 1. The van der Waals surface area contributed by atoms with Crippen molar-refractivity contribution < 1.29 is 4.79 Å². The van der Waals surface area contributed by atoms with Gasteiger partial charge in [-0.15, -0.1) is 11.3 Å². The van der Waals surface area contributed by atoms with E-state index >= 15 is 0 Å². The van der Waals surface area contributed by atoms with Crippen molar-refractivity contribution in [1.29, 1.82) is 0 Å². The van der Waals surface area contributed by atoms with E-state index in [1.807, 2.05) is 41.8 Å². The van der Waals surface area contributed by atoms with Gasteiger partial charge in [0.15, 0.2) is 5.65 Å². The number of hydrogen-bond acceptors (Lipinski definition) is 5. The molecule has 6 heteroatoms. The maximum atomic E-state index is 12.8. The summed E-state index contributed by atoms with van der Waals surface area (Å²) in [6, 6.07) is 13.8. The summed E-state index contributed by atoms with van der Waals surface area (Å²) in [5, 5.41) is 9.74. The summed E-state index contributed by atoms with van der Waals surface area (Å²) >= 11 is 1.42. The van der Waals surface area contributed by atoms with Gasteiger partial charge in [0, 0.05) is 24.0 Å². The zero-order valence-corrected chi connectivity index (χ0v) is 16.3. The molecule has 0 amide bonds. The fourth-order valence-electron chi connectivity index (χ4n) is 3.03. The van der Waals surface area contributed by atoms with E-state index in [0.29, 0.717) is 16.1 Å². The second-order valence-corrected chi connectivity index (χ2v) is 7.22. The van der Waals surface area contributed by atoms with Crippen LogP contribution >= 0.6 is 11.3 Å². The van der Waals surface area contributed by atoms with Crippen LogP contribution in [-0.4, -0.2) is 26.9 Å². The van der Waals surface area contributed by atoms with Gasteiger partial charge in [-0.25, -0.2) is 9.50 Å². The first-order chi connectivity index (χ1) is 13.8. The van der Waals surface area contributed by atoms with Crippen molar-refractivity contribution in [2.24, 2.45) is 0 Å². The summed E-state index contributed by atoms with van der Waals surface area (Å²) in [4.78, 5) is 17.9. The molecule has 5 nitrogen and oxygen atoms in total. The minimum atomic E-state index is -0.0484. The van der Waals surface area contributed by atoms with Gasteiger partial charge in [0.2, 0.25) is 5.78 Å². The lowest BCUT2D eigenvalue weighted by atomic mass is 10.1. The van der Waals surface area contributed by atoms with Crippen LogP contribution in [0.1, 0.15) is 28.6 Å². The van der Waals surface area contributed by atoms with Crippen molar-refractivity contribution >= 4 is 28.5 Å². The third-order valence-corrected chi connectivity index (χ3v) is 5.24. The van der Waals surface area contributed by atoms with Crippen LogP contribution in [0.25, 0.3) is 16.9 Å². The van der Waals surface area contributed by atoms with Gasteiger partial charge in [-0.1, -0.05) is 37.3 Å². The Bertz CT molecular complexity index is 1130. The van der Waals surface area contributed by atoms with Gasteiger partial charge in [-0.3, -0.25) is 4.79 Å². The number of fused-ring (bicyclic) bond motifs is 1. The van der Waals surface area contributed by atoms with Crippen molar-refractivity contribution in [1.82, 2.24) is 14.6 Å². The van der Waals surface area contributed by atoms with Crippen molar-refractivity contribution in [2.75, 3.05) is 11.9 Å². The Labute approximate surface area is 167 Å². The number of hydrogen-bond donors (Lipinski definition) is 1. The number of allylic oxidation sites excluding steroid dienone is 1.